The van der Waals surface area contributed by atoms with Crippen molar-refractivity contribution in [1.29, 1.82) is 0 Å². The van der Waals surface area contributed by atoms with E-state index in [2.05, 4.69) is 5.32 Å². The highest BCUT2D eigenvalue weighted by Crippen LogP contribution is 2.30. The summed E-state index contributed by atoms with van der Waals surface area (Å²) in [7, 11) is -3.74. The molecule has 2 rings (SSSR count). The summed E-state index contributed by atoms with van der Waals surface area (Å²) in [5.41, 5.74) is 6.83. The number of nitrogens with zero attached hydrogens (tertiary/aromatic N) is 1. The molecule has 7 heteroatoms. The van der Waals surface area contributed by atoms with Crippen molar-refractivity contribution in [3.8, 4) is 0 Å². The zero-order valence-corrected chi connectivity index (χ0v) is 13.1. The number of amides is 1. The molecule has 1 heterocycles. The number of hydrogen-bond donors (Lipinski definition) is 2. The third kappa shape index (κ3) is 3.19. The summed E-state index contributed by atoms with van der Waals surface area (Å²) in [5, 5.41) is 3.21. The molecule has 3 N–H and O–H groups in total. The smallest absolute Gasteiger partial charge is 0.244 e. The second-order valence-corrected chi connectivity index (χ2v) is 7.28. The molecule has 0 spiro atoms. The number of rotatable bonds is 5. The molecule has 0 saturated heterocycles. The Labute approximate surface area is 125 Å². The highest BCUT2D eigenvalue weighted by Gasteiger charge is 2.31. The number of anilines is 1. The second-order valence-electron chi connectivity index (χ2n) is 5.42. The first kappa shape index (κ1) is 15.8. The highest BCUT2D eigenvalue weighted by molar-refractivity contribution is 7.89. The normalized spacial score (nSPS) is 14.9. The van der Waals surface area contributed by atoms with Crippen molar-refractivity contribution in [1.82, 2.24) is 4.31 Å². The quantitative estimate of drug-likeness (QED) is 0.846. The van der Waals surface area contributed by atoms with Crippen LogP contribution in [0.5, 0.6) is 0 Å². The fraction of sp³-hybridized carbons (Fsp3) is 0.500. The van der Waals surface area contributed by atoms with Crippen LogP contribution in [0.25, 0.3) is 0 Å². The topological polar surface area (TPSA) is 92.5 Å². The third-order valence-corrected chi connectivity index (χ3v) is 5.63. The molecule has 116 valence electrons. The Hall–Kier alpha value is -1.60. The average molecular weight is 311 g/mol. The summed E-state index contributed by atoms with van der Waals surface area (Å²) >= 11 is 0. The maximum absolute atomic E-state index is 12.9. The summed E-state index contributed by atoms with van der Waals surface area (Å²) in [6, 6.07) is 4.85. The van der Waals surface area contributed by atoms with Gasteiger partial charge in [-0.3, -0.25) is 4.79 Å². The van der Waals surface area contributed by atoms with Crippen LogP contribution in [-0.2, 0) is 21.2 Å². The molecule has 6 nitrogen and oxygen atoms in total. The molecule has 1 amide bonds. The van der Waals surface area contributed by atoms with Crippen LogP contribution in [-0.4, -0.2) is 37.8 Å². The maximum Gasteiger partial charge on any atom is 0.244 e. The fourth-order valence-electron chi connectivity index (χ4n) is 2.54. The zero-order chi connectivity index (χ0) is 15.6. The number of benzene rings is 1. The maximum atomic E-state index is 12.9. The van der Waals surface area contributed by atoms with Crippen molar-refractivity contribution in [3.05, 3.63) is 23.8 Å². The number of hydrogen-bond acceptors (Lipinski definition) is 4. The summed E-state index contributed by atoms with van der Waals surface area (Å²) in [6.45, 7) is 3.99. The molecule has 0 unspecified atom stereocenters. The first-order valence-electron chi connectivity index (χ1n) is 7.00. The lowest BCUT2D eigenvalue weighted by atomic mass is 10.0. The van der Waals surface area contributed by atoms with Crippen molar-refractivity contribution >= 4 is 21.6 Å². The molecule has 0 fully saturated rings. The molecular weight excluding hydrogens is 290 g/mol. The van der Waals surface area contributed by atoms with Gasteiger partial charge in [0.15, 0.2) is 0 Å². The molecule has 1 aromatic carbocycles. The average Bonchev–Trinajstić information content (AvgIpc) is 2.43. The first-order valence-corrected chi connectivity index (χ1v) is 8.44. The van der Waals surface area contributed by atoms with Crippen LogP contribution < -0.4 is 11.1 Å². The van der Waals surface area contributed by atoms with Gasteiger partial charge in [0.25, 0.3) is 0 Å². The zero-order valence-electron chi connectivity index (χ0n) is 12.3. The molecular formula is C14H21N3O3S. The molecule has 1 aliphatic rings. The molecule has 0 saturated carbocycles. The fourth-order valence-corrected chi connectivity index (χ4v) is 4.42. The van der Waals surface area contributed by atoms with Crippen LogP contribution in [0.15, 0.2) is 23.1 Å². The van der Waals surface area contributed by atoms with E-state index in [1.165, 1.54) is 0 Å². The van der Waals surface area contributed by atoms with Gasteiger partial charge < -0.3 is 11.1 Å². The minimum atomic E-state index is -3.74. The van der Waals surface area contributed by atoms with Gasteiger partial charge in [-0.2, -0.15) is 4.31 Å². The van der Waals surface area contributed by atoms with E-state index in [-0.39, 0.29) is 17.5 Å². The van der Waals surface area contributed by atoms with E-state index < -0.39 is 15.9 Å². The molecule has 0 aromatic heterocycles. The molecule has 0 radical (unpaired) electrons. The monoisotopic (exact) mass is 311 g/mol. The highest BCUT2D eigenvalue weighted by atomic mass is 32.2. The first-order chi connectivity index (χ1) is 9.84. The van der Waals surface area contributed by atoms with Gasteiger partial charge in [0.1, 0.15) is 0 Å². The van der Waals surface area contributed by atoms with E-state index in [9.17, 15) is 13.2 Å². The lowest BCUT2D eigenvalue weighted by molar-refractivity contribution is -0.118. The van der Waals surface area contributed by atoms with Gasteiger partial charge in [-0.05, 0) is 44.4 Å². The van der Waals surface area contributed by atoms with Crippen LogP contribution in [0.3, 0.4) is 0 Å². The van der Waals surface area contributed by atoms with Crippen molar-refractivity contribution in [2.45, 2.75) is 37.6 Å². The Bertz CT molecular complexity index is 641. The summed E-state index contributed by atoms with van der Waals surface area (Å²) in [6.07, 6.45) is 1.59. The summed E-state index contributed by atoms with van der Waals surface area (Å²) in [5.74, 6) is -0.657. The Kier molecular flexibility index (Phi) is 4.53. The number of sulfonamides is 1. The Morgan fingerprint density at radius 3 is 2.76 bits per heavy atom. The molecule has 0 aliphatic carbocycles. The molecule has 1 aliphatic heterocycles. The molecule has 21 heavy (non-hydrogen) atoms. The Balaban J connectivity index is 2.50. The van der Waals surface area contributed by atoms with Crippen molar-refractivity contribution in [2.24, 2.45) is 5.73 Å². The predicted molar refractivity (Wildman–Crippen MR) is 81.5 cm³/mol. The number of nitrogens with two attached hydrogens (primary N) is 1. The largest absolute Gasteiger partial charge is 0.385 e. The van der Waals surface area contributed by atoms with Crippen LogP contribution in [0.2, 0.25) is 0 Å². The van der Waals surface area contributed by atoms with E-state index in [1.807, 2.05) is 6.07 Å². The third-order valence-electron chi connectivity index (χ3n) is 3.53. The number of primary amides is 1. The molecule has 1 aromatic rings. The number of fused-ring (bicyclic) bond motifs is 1. The number of nitrogens with one attached hydrogen (secondary N) is 1. The Morgan fingerprint density at radius 2 is 2.14 bits per heavy atom. The Morgan fingerprint density at radius 1 is 1.43 bits per heavy atom. The van der Waals surface area contributed by atoms with Crippen LogP contribution >= 0.6 is 0 Å². The van der Waals surface area contributed by atoms with E-state index in [0.29, 0.717) is 6.42 Å². The SMILES string of the molecule is CC(C)N(CC(N)=O)S(=O)(=O)c1cccc2c1CCCN2. The lowest BCUT2D eigenvalue weighted by Crippen LogP contribution is -2.43. The minimum absolute atomic E-state index is 0.266. The van der Waals surface area contributed by atoms with Crippen molar-refractivity contribution in [2.75, 3.05) is 18.4 Å². The van der Waals surface area contributed by atoms with Crippen molar-refractivity contribution < 1.29 is 13.2 Å². The van der Waals surface area contributed by atoms with E-state index in [0.717, 1.165) is 28.5 Å². The van der Waals surface area contributed by atoms with E-state index in [1.54, 1.807) is 26.0 Å². The number of carbonyl (C=O) groups excluding carboxylic acids is 1. The van der Waals surface area contributed by atoms with Gasteiger partial charge in [0, 0.05) is 18.3 Å². The van der Waals surface area contributed by atoms with Crippen LogP contribution in [0.4, 0.5) is 5.69 Å². The van der Waals surface area contributed by atoms with Gasteiger partial charge in [-0.15, -0.1) is 0 Å². The van der Waals surface area contributed by atoms with Gasteiger partial charge in [0.2, 0.25) is 15.9 Å². The van der Waals surface area contributed by atoms with Gasteiger partial charge in [-0.25, -0.2) is 8.42 Å². The lowest BCUT2D eigenvalue weighted by Gasteiger charge is -2.27. The van der Waals surface area contributed by atoms with Gasteiger partial charge in [-0.1, -0.05) is 6.07 Å². The number of carbonyl (C=O) groups is 1. The van der Waals surface area contributed by atoms with Crippen molar-refractivity contribution in [3.63, 3.8) is 0 Å². The van der Waals surface area contributed by atoms with Gasteiger partial charge >= 0.3 is 0 Å². The minimum Gasteiger partial charge on any atom is -0.385 e. The van der Waals surface area contributed by atoms with Crippen LogP contribution in [0.1, 0.15) is 25.8 Å². The molecule has 0 atom stereocenters. The summed E-state index contributed by atoms with van der Waals surface area (Å²) < 4.78 is 26.9. The van der Waals surface area contributed by atoms with Crippen LogP contribution in [0, 0.1) is 0 Å². The second kappa shape index (κ2) is 6.03. The van der Waals surface area contributed by atoms with E-state index in [4.69, 9.17) is 5.73 Å². The standard InChI is InChI=1S/C14H21N3O3S/c1-10(2)17(9-14(15)18)21(19,20)13-7-3-6-12-11(13)5-4-8-16-12/h3,6-7,10,16H,4-5,8-9H2,1-2H3,(H2,15,18). The predicted octanol–water partition coefficient (Wildman–Crippen LogP) is 0.929. The molecule has 0 bridgehead atoms. The van der Waals surface area contributed by atoms with E-state index >= 15 is 0 Å². The van der Waals surface area contributed by atoms with Gasteiger partial charge in [0.05, 0.1) is 11.4 Å². The summed E-state index contributed by atoms with van der Waals surface area (Å²) in [4.78, 5) is 11.5.